The van der Waals surface area contributed by atoms with E-state index < -0.39 is 15.4 Å². The van der Waals surface area contributed by atoms with Crippen molar-refractivity contribution in [2.75, 3.05) is 6.61 Å². The molecule has 0 aliphatic carbocycles. The van der Waals surface area contributed by atoms with Crippen molar-refractivity contribution in [1.82, 2.24) is 0 Å². The largest absolute Gasteiger partial charge is 1.00 e. The van der Waals surface area contributed by atoms with Gasteiger partial charge in [0.15, 0.2) is 0 Å². The van der Waals surface area contributed by atoms with Gasteiger partial charge in [-0.25, -0.2) is 8.42 Å². The van der Waals surface area contributed by atoms with Crippen molar-refractivity contribution >= 4 is 10.1 Å². The fourth-order valence-electron chi connectivity index (χ4n) is 2.79. The molecule has 1 N–H and O–H groups in total. The van der Waals surface area contributed by atoms with Crippen molar-refractivity contribution in [3.8, 4) is 0 Å². The van der Waals surface area contributed by atoms with Crippen molar-refractivity contribution in [3.05, 3.63) is 0 Å². The number of unbranched alkanes of at least 4 members (excludes halogenated alkanes) is 10. The van der Waals surface area contributed by atoms with Gasteiger partial charge in [-0.05, 0) is 19.3 Å². The molecular weight excluding hydrogens is 339 g/mol. The van der Waals surface area contributed by atoms with Gasteiger partial charge in [0, 0.05) is 11.9 Å². The average molecular weight is 375 g/mol. The minimum Gasteiger partial charge on any atom is -0.748 e. The standard InChI is InChI=1S/C17H36O4S.K/c1-2-3-4-5-6-7-8-9-10-11-12-14-17(15-13-16-18)22(19,20)21;/h17-18H,2-16H2,1H3,(H,19,20,21);/q;+1/p-1. The van der Waals surface area contributed by atoms with E-state index in [4.69, 9.17) is 5.11 Å². The van der Waals surface area contributed by atoms with Gasteiger partial charge in [0.1, 0.15) is 0 Å². The maximum absolute atomic E-state index is 11.1. The Labute approximate surface area is 186 Å². The molecule has 23 heavy (non-hydrogen) atoms. The summed E-state index contributed by atoms with van der Waals surface area (Å²) < 4.78 is 33.3. The quantitative estimate of drug-likeness (QED) is 0.251. The maximum atomic E-state index is 11.1. The fraction of sp³-hybridized carbons (Fsp3) is 1.00. The van der Waals surface area contributed by atoms with Gasteiger partial charge < -0.3 is 9.66 Å². The summed E-state index contributed by atoms with van der Waals surface area (Å²) in [6, 6.07) is 0. The van der Waals surface area contributed by atoms with Crippen molar-refractivity contribution in [2.45, 2.75) is 102 Å². The molecule has 0 rings (SSSR count). The monoisotopic (exact) mass is 374 g/mol. The van der Waals surface area contributed by atoms with Gasteiger partial charge in [0.2, 0.25) is 0 Å². The molecule has 0 aromatic rings. The van der Waals surface area contributed by atoms with Crippen LogP contribution in [0.1, 0.15) is 96.8 Å². The first-order chi connectivity index (χ1) is 10.5. The molecule has 0 fully saturated rings. The Balaban J connectivity index is 0. The van der Waals surface area contributed by atoms with Gasteiger partial charge in [-0.1, -0.05) is 77.6 Å². The minimum absolute atomic E-state index is 0. The molecule has 0 aromatic carbocycles. The summed E-state index contributed by atoms with van der Waals surface area (Å²) in [7, 11) is -4.21. The second-order valence-corrected chi connectivity index (χ2v) is 7.96. The Kier molecular flexibility index (Phi) is 21.3. The maximum Gasteiger partial charge on any atom is 1.00 e. The molecule has 0 aromatic heterocycles. The molecule has 0 bridgehead atoms. The summed E-state index contributed by atoms with van der Waals surface area (Å²) in [6.07, 6.45) is 14.5. The molecule has 0 aliphatic heterocycles. The van der Waals surface area contributed by atoms with E-state index in [-0.39, 0.29) is 58.0 Å². The minimum atomic E-state index is -4.21. The van der Waals surface area contributed by atoms with Gasteiger partial charge in [-0.2, -0.15) is 0 Å². The number of hydrogen-bond acceptors (Lipinski definition) is 4. The first kappa shape index (κ1) is 26.7. The molecule has 1 atom stereocenters. The number of rotatable bonds is 16. The number of hydrogen-bond donors (Lipinski definition) is 1. The topological polar surface area (TPSA) is 77.4 Å². The first-order valence-corrected chi connectivity index (χ1v) is 10.5. The zero-order valence-corrected chi connectivity index (χ0v) is 19.2. The summed E-state index contributed by atoms with van der Waals surface area (Å²) in [6.45, 7) is 2.18. The van der Waals surface area contributed by atoms with Crippen LogP contribution in [0.3, 0.4) is 0 Å². The van der Waals surface area contributed by atoms with Gasteiger partial charge >= 0.3 is 51.4 Å². The summed E-state index contributed by atoms with van der Waals surface area (Å²) >= 11 is 0. The summed E-state index contributed by atoms with van der Waals surface area (Å²) in [4.78, 5) is 0. The van der Waals surface area contributed by atoms with Crippen LogP contribution in [0.25, 0.3) is 0 Å². The third kappa shape index (κ3) is 18.1. The smallest absolute Gasteiger partial charge is 0.748 e. The van der Waals surface area contributed by atoms with Crippen LogP contribution in [0.2, 0.25) is 0 Å². The van der Waals surface area contributed by atoms with Gasteiger partial charge in [0.25, 0.3) is 0 Å². The predicted molar refractivity (Wildman–Crippen MR) is 90.9 cm³/mol. The van der Waals surface area contributed by atoms with Crippen LogP contribution >= 0.6 is 0 Å². The van der Waals surface area contributed by atoms with Crippen LogP contribution in [-0.4, -0.2) is 29.9 Å². The summed E-state index contributed by atoms with van der Waals surface area (Å²) in [5, 5.41) is 7.94. The molecule has 0 saturated carbocycles. The molecule has 0 heterocycles. The predicted octanol–water partition coefficient (Wildman–Crippen LogP) is 1.38. The van der Waals surface area contributed by atoms with Crippen LogP contribution in [-0.2, 0) is 10.1 Å². The second-order valence-electron chi connectivity index (χ2n) is 6.30. The van der Waals surface area contributed by atoms with Gasteiger partial charge in [-0.15, -0.1) is 0 Å². The fourth-order valence-corrected chi connectivity index (χ4v) is 3.70. The van der Waals surface area contributed by atoms with Crippen molar-refractivity contribution in [2.24, 2.45) is 0 Å². The zero-order chi connectivity index (χ0) is 16.7. The van der Waals surface area contributed by atoms with Crippen LogP contribution in [0.5, 0.6) is 0 Å². The van der Waals surface area contributed by atoms with E-state index in [0.29, 0.717) is 19.3 Å². The molecule has 1 unspecified atom stereocenters. The molecular formula is C17H35KO4S. The van der Waals surface area contributed by atoms with Crippen LogP contribution in [0.15, 0.2) is 0 Å². The van der Waals surface area contributed by atoms with E-state index in [1.165, 1.54) is 51.4 Å². The van der Waals surface area contributed by atoms with E-state index in [2.05, 4.69) is 6.92 Å². The Hall–Kier alpha value is 1.51. The molecule has 4 nitrogen and oxygen atoms in total. The number of aliphatic hydroxyl groups is 1. The van der Waals surface area contributed by atoms with Crippen LogP contribution in [0, 0.1) is 0 Å². The van der Waals surface area contributed by atoms with Crippen LogP contribution < -0.4 is 51.4 Å². The molecule has 134 valence electrons. The van der Waals surface area contributed by atoms with Crippen molar-refractivity contribution in [3.63, 3.8) is 0 Å². The zero-order valence-electron chi connectivity index (χ0n) is 15.3. The Morgan fingerprint density at radius 1 is 0.783 bits per heavy atom. The normalized spacial score (nSPS) is 12.8. The molecule has 0 aliphatic rings. The average Bonchev–Trinajstić information content (AvgIpc) is 2.46. The Morgan fingerprint density at radius 3 is 1.57 bits per heavy atom. The first-order valence-electron chi connectivity index (χ1n) is 9.08. The molecule has 6 heteroatoms. The van der Waals surface area contributed by atoms with Crippen molar-refractivity contribution < 1.29 is 69.5 Å². The third-order valence-electron chi connectivity index (χ3n) is 4.22. The molecule has 0 radical (unpaired) electrons. The SMILES string of the molecule is CCCCCCCCCCCCCC(CCCO)S(=O)(=O)[O-].[K+]. The summed E-state index contributed by atoms with van der Waals surface area (Å²) in [5.41, 5.74) is 0. The van der Waals surface area contributed by atoms with Gasteiger partial charge in [-0.3, -0.25) is 0 Å². The van der Waals surface area contributed by atoms with Crippen LogP contribution in [0.4, 0.5) is 0 Å². The van der Waals surface area contributed by atoms with E-state index in [1.807, 2.05) is 0 Å². The van der Waals surface area contributed by atoms with E-state index in [9.17, 15) is 13.0 Å². The number of aliphatic hydroxyl groups excluding tert-OH is 1. The molecule has 0 saturated heterocycles. The van der Waals surface area contributed by atoms with E-state index >= 15 is 0 Å². The van der Waals surface area contributed by atoms with E-state index in [1.54, 1.807) is 0 Å². The third-order valence-corrected chi connectivity index (χ3v) is 5.51. The Bertz CT molecular complexity index is 333. The second kappa shape index (κ2) is 18.3. The summed E-state index contributed by atoms with van der Waals surface area (Å²) in [5.74, 6) is 0. The van der Waals surface area contributed by atoms with Crippen molar-refractivity contribution in [1.29, 1.82) is 0 Å². The molecule has 0 spiro atoms. The molecule has 0 amide bonds. The Morgan fingerprint density at radius 2 is 1.17 bits per heavy atom. The van der Waals surface area contributed by atoms with Gasteiger partial charge in [0.05, 0.1) is 10.1 Å². The van der Waals surface area contributed by atoms with E-state index in [0.717, 1.165) is 19.3 Å².